The summed E-state index contributed by atoms with van der Waals surface area (Å²) in [5.74, 6) is -0.551. The maximum absolute atomic E-state index is 11.6. The van der Waals surface area contributed by atoms with Gasteiger partial charge >= 0.3 is 0 Å². The molecule has 0 aliphatic heterocycles. The van der Waals surface area contributed by atoms with Crippen molar-refractivity contribution in [1.29, 1.82) is 0 Å². The van der Waals surface area contributed by atoms with Crippen LogP contribution in [0.15, 0.2) is 18.2 Å². The summed E-state index contributed by atoms with van der Waals surface area (Å²) >= 11 is 0. The maximum Gasteiger partial charge on any atom is 0.176 e. The van der Waals surface area contributed by atoms with E-state index in [0.717, 1.165) is 6.54 Å². The van der Waals surface area contributed by atoms with Gasteiger partial charge in [-0.2, -0.15) is 0 Å². The third-order valence-electron chi connectivity index (χ3n) is 2.25. The van der Waals surface area contributed by atoms with Crippen LogP contribution in [0, 0.1) is 0 Å². The third-order valence-corrected chi connectivity index (χ3v) is 2.25. The first kappa shape index (κ1) is 11.5. The maximum atomic E-state index is 11.6. The number of aromatic hydroxyl groups is 2. The quantitative estimate of drug-likeness (QED) is 0.578. The van der Waals surface area contributed by atoms with E-state index in [9.17, 15) is 9.90 Å². The van der Waals surface area contributed by atoms with Crippen LogP contribution in [0.2, 0.25) is 0 Å². The molecule has 82 valence electrons. The fourth-order valence-corrected chi connectivity index (χ4v) is 1.15. The number of carbonyl (C=O) groups excluding carboxylic acids is 1. The number of hydrogen-bond acceptors (Lipinski definition) is 4. The van der Waals surface area contributed by atoms with Crippen LogP contribution in [-0.4, -0.2) is 41.0 Å². The van der Waals surface area contributed by atoms with E-state index in [1.54, 1.807) is 0 Å². The van der Waals surface area contributed by atoms with E-state index >= 15 is 0 Å². The van der Waals surface area contributed by atoms with E-state index in [1.165, 1.54) is 18.2 Å². The van der Waals surface area contributed by atoms with Gasteiger partial charge in [-0.25, -0.2) is 0 Å². The van der Waals surface area contributed by atoms with Crippen LogP contribution in [-0.2, 0) is 0 Å². The highest BCUT2D eigenvalue weighted by atomic mass is 16.3. The Hall–Kier alpha value is -1.55. The van der Waals surface area contributed by atoms with E-state index in [4.69, 9.17) is 5.11 Å². The molecule has 15 heavy (non-hydrogen) atoms. The van der Waals surface area contributed by atoms with Crippen molar-refractivity contribution < 1.29 is 15.0 Å². The van der Waals surface area contributed by atoms with Crippen molar-refractivity contribution in [3.05, 3.63) is 23.8 Å². The zero-order chi connectivity index (χ0) is 11.4. The second-order valence-electron chi connectivity index (χ2n) is 3.46. The van der Waals surface area contributed by atoms with Crippen LogP contribution in [0.4, 0.5) is 0 Å². The smallest absolute Gasteiger partial charge is 0.176 e. The highest BCUT2D eigenvalue weighted by Crippen LogP contribution is 2.24. The number of phenols is 2. The molecule has 1 aromatic rings. The molecule has 2 N–H and O–H groups in total. The number of benzene rings is 1. The molecule has 0 saturated heterocycles. The molecule has 0 radical (unpaired) electrons. The molecule has 0 aromatic heterocycles. The Morgan fingerprint density at radius 3 is 2.53 bits per heavy atom. The van der Waals surface area contributed by atoms with Crippen LogP contribution in [0.3, 0.4) is 0 Å². The van der Waals surface area contributed by atoms with Crippen LogP contribution in [0.1, 0.15) is 17.3 Å². The average Bonchev–Trinajstić information content (AvgIpc) is 2.21. The van der Waals surface area contributed by atoms with Gasteiger partial charge in [0.05, 0.1) is 6.54 Å². The highest BCUT2D eigenvalue weighted by Gasteiger charge is 2.10. The van der Waals surface area contributed by atoms with Crippen molar-refractivity contribution in [3.63, 3.8) is 0 Å². The third kappa shape index (κ3) is 2.95. The van der Waals surface area contributed by atoms with Gasteiger partial charge in [-0.1, -0.05) is 6.92 Å². The molecule has 0 aliphatic rings. The molecule has 0 spiro atoms. The number of Topliss-reactive ketones (excluding diaryl/α,β-unsaturated/α-hetero) is 1. The fourth-order valence-electron chi connectivity index (χ4n) is 1.15. The summed E-state index contributed by atoms with van der Waals surface area (Å²) in [6.45, 7) is 3.05. The second kappa shape index (κ2) is 4.79. The van der Waals surface area contributed by atoms with Gasteiger partial charge in [0.25, 0.3) is 0 Å². The van der Waals surface area contributed by atoms with Crippen LogP contribution in [0.5, 0.6) is 11.5 Å². The number of carbonyl (C=O) groups is 1. The van der Waals surface area contributed by atoms with E-state index in [-0.39, 0.29) is 17.3 Å². The Labute approximate surface area is 88.8 Å². The predicted octanol–water partition coefficient (Wildman–Crippen LogP) is 1.23. The summed E-state index contributed by atoms with van der Waals surface area (Å²) in [7, 11) is 1.85. The van der Waals surface area contributed by atoms with Gasteiger partial charge in [-0.05, 0) is 31.8 Å². The highest BCUT2D eigenvalue weighted by molar-refractivity contribution is 5.98. The second-order valence-corrected chi connectivity index (χ2v) is 3.46. The van der Waals surface area contributed by atoms with Crippen molar-refractivity contribution in [2.75, 3.05) is 20.1 Å². The molecule has 0 fully saturated rings. The molecule has 0 heterocycles. The molecule has 0 aliphatic carbocycles. The largest absolute Gasteiger partial charge is 0.504 e. The van der Waals surface area contributed by atoms with Crippen molar-refractivity contribution in [3.8, 4) is 11.5 Å². The van der Waals surface area contributed by atoms with Gasteiger partial charge in [0.1, 0.15) is 0 Å². The summed E-state index contributed by atoms with van der Waals surface area (Å²) < 4.78 is 0. The molecule has 4 nitrogen and oxygen atoms in total. The van der Waals surface area contributed by atoms with Gasteiger partial charge in [-0.15, -0.1) is 0 Å². The number of phenolic OH excluding ortho intramolecular Hbond substituents is 2. The van der Waals surface area contributed by atoms with E-state index in [2.05, 4.69) is 0 Å². The number of ketones is 1. The van der Waals surface area contributed by atoms with Gasteiger partial charge in [0, 0.05) is 5.56 Å². The molecule has 1 rings (SSSR count). The number of rotatable bonds is 4. The van der Waals surface area contributed by atoms with Crippen LogP contribution < -0.4 is 0 Å². The molecule has 0 atom stereocenters. The molecule has 4 heteroatoms. The average molecular weight is 209 g/mol. The minimum atomic E-state index is -0.264. The normalized spacial score (nSPS) is 10.6. The minimum Gasteiger partial charge on any atom is -0.504 e. The Morgan fingerprint density at radius 2 is 2.00 bits per heavy atom. The number of likely N-dealkylation sites (N-methyl/N-ethyl adjacent to an activating group) is 1. The zero-order valence-corrected chi connectivity index (χ0v) is 8.90. The first-order valence-electron chi connectivity index (χ1n) is 4.78. The first-order valence-corrected chi connectivity index (χ1v) is 4.78. The van der Waals surface area contributed by atoms with E-state index < -0.39 is 0 Å². The Morgan fingerprint density at radius 1 is 1.33 bits per heavy atom. The van der Waals surface area contributed by atoms with Crippen molar-refractivity contribution >= 4 is 5.78 Å². The van der Waals surface area contributed by atoms with E-state index in [0.29, 0.717) is 12.1 Å². The lowest BCUT2D eigenvalue weighted by Gasteiger charge is -2.12. The minimum absolute atomic E-state index is 0.0744. The molecule has 0 bridgehead atoms. The topological polar surface area (TPSA) is 60.8 Å². The lowest BCUT2D eigenvalue weighted by Crippen LogP contribution is -2.25. The summed E-state index contributed by atoms with van der Waals surface area (Å²) in [6, 6.07) is 4.09. The fraction of sp³-hybridized carbons (Fsp3) is 0.364. The molecular weight excluding hydrogens is 194 g/mol. The lowest BCUT2D eigenvalue weighted by atomic mass is 10.1. The Kier molecular flexibility index (Phi) is 3.68. The lowest BCUT2D eigenvalue weighted by molar-refractivity contribution is 0.0948. The van der Waals surface area contributed by atoms with Gasteiger partial charge in [-0.3, -0.25) is 9.69 Å². The SMILES string of the molecule is CCN(C)CC(=O)c1ccc(O)c(O)c1. The van der Waals surface area contributed by atoms with E-state index in [1.807, 2.05) is 18.9 Å². The Bertz CT molecular complexity index is 363. The van der Waals surface area contributed by atoms with Crippen LogP contribution in [0.25, 0.3) is 0 Å². The monoisotopic (exact) mass is 209 g/mol. The molecular formula is C11H15NO3. The molecule has 0 amide bonds. The Balaban J connectivity index is 2.78. The summed E-state index contributed by atoms with van der Waals surface area (Å²) in [4.78, 5) is 13.5. The van der Waals surface area contributed by atoms with Crippen molar-refractivity contribution in [2.24, 2.45) is 0 Å². The van der Waals surface area contributed by atoms with Gasteiger partial charge < -0.3 is 10.2 Å². The van der Waals surface area contributed by atoms with Crippen LogP contribution >= 0.6 is 0 Å². The predicted molar refractivity (Wildman–Crippen MR) is 57.3 cm³/mol. The van der Waals surface area contributed by atoms with Crippen molar-refractivity contribution in [1.82, 2.24) is 4.90 Å². The standard InChI is InChI=1S/C11H15NO3/c1-3-12(2)7-11(15)8-4-5-9(13)10(14)6-8/h4-6,13-14H,3,7H2,1-2H3. The first-order chi connectivity index (χ1) is 7.04. The van der Waals surface area contributed by atoms with Crippen molar-refractivity contribution in [2.45, 2.75) is 6.92 Å². The molecule has 0 unspecified atom stereocenters. The number of nitrogens with zero attached hydrogens (tertiary/aromatic N) is 1. The summed E-state index contributed by atoms with van der Waals surface area (Å²) in [5.41, 5.74) is 0.408. The number of hydrogen-bond donors (Lipinski definition) is 2. The molecule has 0 saturated carbocycles. The summed E-state index contributed by atoms with van der Waals surface area (Å²) in [6.07, 6.45) is 0. The van der Waals surface area contributed by atoms with Gasteiger partial charge in [0.2, 0.25) is 0 Å². The molecule has 1 aromatic carbocycles. The summed E-state index contributed by atoms with van der Waals surface area (Å²) in [5, 5.41) is 18.3. The zero-order valence-electron chi connectivity index (χ0n) is 8.90. The van der Waals surface area contributed by atoms with Gasteiger partial charge in [0.15, 0.2) is 17.3 Å².